The molecule has 0 saturated carbocycles. The van der Waals surface area contributed by atoms with E-state index in [2.05, 4.69) is 26.7 Å². The molecule has 1 amide bonds. The standard InChI is InChI=1S/C25H25N5O3/c1-16-13-29(14-23-27-28-24(15-32-2)30(16)23)25(31)22-9-5-7-20-19(6-4-8-21(20)22)17-10-18(33-3)12-26-11-17/h4-12,16H,13-15H2,1-3H3/t16-/m0/s1. The smallest absolute Gasteiger partial charge is 0.254 e. The van der Waals surface area contributed by atoms with Crippen molar-refractivity contribution < 1.29 is 14.3 Å². The van der Waals surface area contributed by atoms with Crippen LogP contribution in [-0.2, 0) is 17.9 Å². The van der Waals surface area contributed by atoms with Gasteiger partial charge in [-0.1, -0.05) is 30.3 Å². The van der Waals surface area contributed by atoms with E-state index in [1.54, 1.807) is 20.4 Å². The van der Waals surface area contributed by atoms with Crippen molar-refractivity contribution in [1.82, 2.24) is 24.6 Å². The molecule has 0 unspecified atom stereocenters. The van der Waals surface area contributed by atoms with Crippen molar-refractivity contribution in [2.75, 3.05) is 20.8 Å². The van der Waals surface area contributed by atoms with E-state index in [1.165, 1.54) is 0 Å². The number of ether oxygens (including phenoxy) is 2. The van der Waals surface area contributed by atoms with Crippen molar-refractivity contribution in [3.05, 3.63) is 72.1 Å². The van der Waals surface area contributed by atoms with E-state index in [9.17, 15) is 4.79 Å². The molecule has 2 aromatic heterocycles. The van der Waals surface area contributed by atoms with Crippen molar-refractivity contribution in [3.8, 4) is 16.9 Å². The lowest BCUT2D eigenvalue weighted by atomic mass is 9.95. The topological polar surface area (TPSA) is 82.4 Å². The van der Waals surface area contributed by atoms with Crippen LogP contribution >= 0.6 is 0 Å². The minimum atomic E-state index is -0.0177. The molecule has 0 saturated heterocycles. The Balaban J connectivity index is 1.52. The predicted octanol–water partition coefficient (Wildman–Crippen LogP) is 3.87. The fourth-order valence-corrected chi connectivity index (χ4v) is 4.59. The molecule has 3 heterocycles. The first-order valence-corrected chi connectivity index (χ1v) is 10.8. The summed E-state index contributed by atoms with van der Waals surface area (Å²) >= 11 is 0. The molecular formula is C25H25N5O3. The summed E-state index contributed by atoms with van der Waals surface area (Å²) in [5.41, 5.74) is 2.61. The molecule has 1 atom stereocenters. The number of fused-ring (bicyclic) bond motifs is 2. The molecule has 4 aromatic rings. The van der Waals surface area contributed by atoms with Crippen molar-refractivity contribution in [2.45, 2.75) is 26.1 Å². The minimum absolute atomic E-state index is 0.0177. The molecule has 33 heavy (non-hydrogen) atoms. The Labute approximate surface area is 191 Å². The zero-order chi connectivity index (χ0) is 22.9. The van der Waals surface area contributed by atoms with E-state index in [0.29, 0.717) is 31.0 Å². The van der Waals surface area contributed by atoms with Crippen molar-refractivity contribution in [1.29, 1.82) is 0 Å². The van der Waals surface area contributed by atoms with Gasteiger partial charge >= 0.3 is 0 Å². The number of hydrogen-bond donors (Lipinski definition) is 0. The first-order chi connectivity index (χ1) is 16.1. The van der Waals surface area contributed by atoms with Gasteiger partial charge < -0.3 is 18.9 Å². The first-order valence-electron chi connectivity index (χ1n) is 10.8. The number of rotatable bonds is 5. The molecule has 1 aliphatic rings. The van der Waals surface area contributed by atoms with E-state index in [-0.39, 0.29) is 11.9 Å². The number of amides is 1. The molecule has 0 N–H and O–H groups in total. The molecule has 5 rings (SSSR count). The van der Waals surface area contributed by atoms with Crippen LogP contribution in [0.4, 0.5) is 0 Å². The van der Waals surface area contributed by atoms with Crippen molar-refractivity contribution in [2.24, 2.45) is 0 Å². The van der Waals surface area contributed by atoms with Crippen LogP contribution in [-0.4, -0.2) is 51.3 Å². The Kier molecular flexibility index (Phi) is 5.51. The third-order valence-electron chi connectivity index (χ3n) is 6.07. The number of aromatic nitrogens is 4. The zero-order valence-corrected chi connectivity index (χ0v) is 18.9. The number of carbonyl (C=O) groups is 1. The van der Waals surface area contributed by atoms with E-state index in [4.69, 9.17) is 9.47 Å². The summed E-state index contributed by atoms with van der Waals surface area (Å²) in [4.78, 5) is 19.8. The van der Waals surface area contributed by atoms with Gasteiger partial charge in [0.15, 0.2) is 11.6 Å². The van der Waals surface area contributed by atoms with Crippen LogP contribution in [0.15, 0.2) is 54.9 Å². The molecule has 0 spiro atoms. The number of carbonyl (C=O) groups excluding carboxylic acids is 1. The highest BCUT2D eigenvalue weighted by Crippen LogP contribution is 2.33. The van der Waals surface area contributed by atoms with Crippen LogP contribution in [0.5, 0.6) is 5.75 Å². The quantitative estimate of drug-likeness (QED) is 0.466. The van der Waals surface area contributed by atoms with Gasteiger partial charge in [-0.15, -0.1) is 10.2 Å². The average Bonchev–Trinajstić information content (AvgIpc) is 3.26. The van der Waals surface area contributed by atoms with Gasteiger partial charge in [0.1, 0.15) is 12.4 Å². The molecule has 0 aliphatic carbocycles. The van der Waals surface area contributed by atoms with Gasteiger partial charge in [-0.25, -0.2) is 0 Å². The number of benzene rings is 2. The van der Waals surface area contributed by atoms with Gasteiger partial charge in [-0.3, -0.25) is 9.78 Å². The predicted molar refractivity (Wildman–Crippen MR) is 124 cm³/mol. The fraction of sp³-hybridized carbons (Fsp3) is 0.280. The summed E-state index contributed by atoms with van der Waals surface area (Å²) < 4.78 is 12.7. The highest BCUT2D eigenvalue weighted by atomic mass is 16.5. The Morgan fingerprint density at radius 3 is 2.73 bits per heavy atom. The Bertz CT molecular complexity index is 1330. The van der Waals surface area contributed by atoms with Gasteiger partial charge in [0.2, 0.25) is 0 Å². The van der Waals surface area contributed by atoms with Gasteiger partial charge in [-0.05, 0) is 35.4 Å². The van der Waals surface area contributed by atoms with Gasteiger partial charge in [0, 0.05) is 31.0 Å². The Hall–Kier alpha value is -3.78. The molecule has 1 aliphatic heterocycles. The molecule has 8 heteroatoms. The highest BCUT2D eigenvalue weighted by Gasteiger charge is 2.30. The van der Waals surface area contributed by atoms with E-state index in [0.717, 1.165) is 33.5 Å². The Morgan fingerprint density at radius 2 is 1.91 bits per heavy atom. The van der Waals surface area contributed by atoms with Gasteiger partial charge in [-0.2, -0.15) is 0 Å². The lowest BCUT2D eigenvalue weighted by molar-refractivity contribution is 0.0677. The number of pyridine rings is 1. The second-order valence-corrected chi connectivity index (χ2v) is 8.19. The summed E-state index contributed by atoms with van der Waals surface area (Å²) in [5.74, 6) is 2.23. The number of hydrogen-bond acceptors (Lipinski definition) is 6. The third-order valence-corrected chi connectivity index (χ3v) is 6.07. The highest BCUT2D eigenvalue weighted by molar-refractivity contribution is 6.10. The molecule has 0 radical (unpaired) electrons. The lowest BCUT2D eigenvalue weighted by Gasteiger charge is -2.33. The summed E-state index contributed by atoms with van der Waals surface area (Å²) in [6.45, 7) is 3.46. The second kappa shape index (κ2) is 8.63. The number of methoxy groups -OCH3 is 2. The maximum Gasteiger partial charge on any atom is 0.254 e. The summed E-state index contributed by atoms with van der Waals surface area (Å²) in [7, 11) is 3.26. The zero-order valence-electron chi connectivity index (χ0n) is 18.9. The summed E-state index contributed by atoms with van der Waals surface area (Å²) in [5, 5.41) is 10.5. The molecule has 0 bridgehead atoms. The van der Waals surface area contributed by atoms with Crippen LogP contribution in [0.3, 0.4) is 0 Å². The summed E-state index contributed by atoms with van der Waals surface area (Å²) in [6.07, 6.45) is 3.49. The van der Waals surface area contributed by atoms with Crippen molar-refractivity contribution >= 4 is 16.7 Å². The molecular weight excluding hydrogens is 418 g/mol. The number of nitrogens with zero attached hydrogens (tertiary/aromatic N) is 5. The third kappa shape index (κ3) is 3.72. The van der Waals surface area contributed by atoms with Crippen LogP contribution < -0.4 is 4.74 Å². The van der Waals surface area contributed by atoms with Crippen LogP contribution in [0.2, 0.25) is 0 Å². The molecule has 2 aromatic carbocycles. The minimum Gasteiger partial charge on any atom is -0.495 e. The Morgan fingerprint density at radius 1 is 1.09 bits per heavy atom. The average molecular weight is 444 g/mol. The SMILES string of the molecule is COCc1nnc2n1[C@@H](C)CN(C(=O)c1cccc3c(-c4cncc(OC)c4)cccc13)C2. The monoisotopic (exact) mass is 443 g/mol. The van der Waals surface area contributed by atoms with Gasteiger partial charge in [0.05, 0.1) is 25.9 Å². The van der Waals surface area contributed by atoms with E-state index < -0.39 is 0 Å². The van der Waals surface area contributed by atoms with Crippen molar-refractivity contribution in [3.63, 3.8) is 0 Å². The van der Waals surface area contributed by atoms with Gasteiger partial charge in [0.25, 0.3) is 5.91 Å². The van der Waals surface area contributed by atoms with E-state index in [1.807, 2.05) is 53.6 Å². The maximum atomic E-state index is 13.7. The van der Waals surface area contributed by atoms with E-state index >= 15 is 0 Å². The first kappa shape index (κ1) is 21.1. The van der Waals surface area contributed by atoms with Crippen LogP contribution in [0, 0.1) is 0 Å². The molecule has 168 valence electrons. The maximum absolute atomic E-state index is 13.7. The normalized spacial score (nSPS) is 15.5. The van der Waals surface area contributed by atoms with Crippen LogP contribution in [0.1, 0.15) is 35.0 Å². The lowest BCUT2D eigenvalue weighted by Crippen LogP contribution is -2.40. The van der Waals surface area contributed by atoms with Crippen LogP contribution in [0.25, 0.3) is 21.9 Å². The fourth-order valence-electron chi connectivity index (χ4n) is 4.59. The largest absolute Gasteiger partial charge is 0.495 e. The second-order valence-electron chi connectivity index (χ2n) is 8.19. The summed E-state index contributed by atoms with van der Waals surface area (Å²) in [6, 6.07) is 13.9. The molecule has 0 fully saturated rings. The molecule has 8 nitrogen and oxygen atoms in total.